The quantitative estimate of drug-likeness (QED) is 0.648. The van der Waals surface area contributed by atoms with Gasteiger partial charge >= 0.3 is 0 Å². The topological polar surface area (TPSA) is 49.9 Å². The lowest BCUT2D eigenvalue weighted by atomic mass is 10.1. The molecule has 1 fully saturated rings. The number of para-hydroxylation sites is 2. The number of ether oxygens (including phenoxy) is 1. The Bertz CT molecular complexity index is 1130. The molecule has 0 radical (unpaired) electrons. The highest BCUT2D eigenvalue weighted by molar-refractivity contribution is 6.03. The Kier molecular flexibility index (Phi) is 4.90. The molecule has 2 heterocycles. The molecule has 6 heteroatoms. The maximum absolute atomic E-state index is 14.3. The summed E-state index contributed by atoms with van der Waals surface area (Å²) in [7, 11) is 0. The third kappa shape index (κ3) is 3.54. The van der Waals surface area contributed by atoms with Crippen LogP contribution in [0.3, 0.4) is 0 Å². The predicted octanol–water partition coefficient (Wildman–Crippen LogP) is 4.03. The van der Waals surface area contributed by atoms with E-state index >= 15 is 0 Å². The molecule has 0 aliphatic carbocycles. The molecule has 0 aromatic heterocycles. The van der Waals surface area contributed by atoms with Crippen molar-refractivity contribution in [1.29, 1.82) is 0 Å². The van der Waals surface area contributed by atoms with Gasteiger partial charge in [0, 0.05) is 6.42 Å². The predicted molar refractivity (Wildman–Crippen MR) is 114 cm³/mol. The first-order valence-electron chi connectivity index (χ1n) is 10.3. The standard InChI is InChI=1S/C25H21FN2O3/c26-20-11-5-4-10-19(20)24(29)28-16-18-14-22(28)25(30)27(15-17-8-2-1-3-9-17)21-12-6-7-13-23(21)31-18/h1-13,18,22H,14-16H2/t18-,22-/m0/s1. The number of fused-ring (bicyclic) bond motifs is 3. The smallest absolute Gasteiger partial charge is 0.257 e. The van der Waals surface area contributed by atoms with Crippen molar-refractivity contribution in [2.24, 2.45) is 0 Å². The molecule has 0 unspecified atom stereocenters. The van der Waals surface area contributed by atoms with E-state index in [1.165, 1.54) is 23.1 Å². The molecular formula is C25H21FN2O3. The van der Waals surface area contributed by atoms with Crippen LogP contribution in [0.4, 0.5) is 10.1 Å². The molecule has 0 spiro atoms. The van der Waals surface area contributed by atoms with Gasteiger partial charge in [0.05, 0.1) is 24.3 Å². The van der Waals surface area contributed by atoms with E-state index in [1.54, 1.807) is 11.0 Å². The number of likely N-dealkylation sites (tertiary alicyclic amines) is 1. The van der Waals surface area contributed by atoms with Gasteiger partial charge in [0.2, 0.25) is 5.91 Å². The van der Waals surface area contributed by atoms with Crippen LogP contribution in [0.5, 0.6) is 5.75 Å². The van der Waals surface area contributed by atoms with Gasteiger partial charge in [-0.15, -0.1) is 0 Å². The Morgan fingerprint density at radius 2 is 1.68 bits per heavy atom. The second kappa shape index (κ2) is 7.87. The van der Waals surface area contributed by atoms with Crippen LogP contribution in [0.2, 0.25) is 0 Å². The van der Waals surface area contributed by atoms with Gasteiger partial charge in [-0.1, -0.05) is 54.6 Å². The number of rotatable bonds is 3. The molecule has 2 bridgehead atoms. The van der Waals surface area contributed by atoms with Gasteiger partial charge in [-0.25, -0.2) is 4.39 Å². The normalized spacial score (nSPS) is 20.0. The van der Waals surface area contributed by atoms with Crippen LogP contribution >= 0.6 is 0 Å². The number of carbonyl (C=O) groups excluding carboxylic acids is 2. The second-order valence-electron chi connectivity index (χ2n) is 7.81. The van der Waals surface area contributed by atoms with E-state index in [9.17, 15) is 14.0 Å². The molecule has 0 N–H and O–H groups in total. The van der Waals surface area contributed by atoms with E-state index in [1.807, 2.05) is 54.6 Å². The van der Waals surface area contributed by atoms with E-state index in [4.69, 9.17) is 4.74 Å². The van der Waals surface area contributed by atoms with Gasteiger partial charge in [0.15, 0.2) is 0 Å². The number of halogens is 1. The lowest BCUT2D eigenvalue weighted by Crippen LogP contribution is -2.48. The Morgan fingerprint density at radius 1 is 0.968 bits per heavy atom. The lowest BCUT2D eigenvalue weighted by molar-refractivity contribution is -0.122. The summed E-state index contributed by atoms with van der Waals surface area (Å²) in [5, 5.41) is 0. The molecule has 3 aromatic carbocycles. The maximum Gasteiger partial charge on any atom is 0.257 e. The molecule has 5 rings (SSSR count). The summed E-state index contributed by atoms with van der Waals surface area (Å²) in [6.07, 6.45) is 0.0447. The lowest BCUT2D eigenvalue weighted by Gasteiger charge is -2.32. The largest absolute Gasteiger partial charge is 0.486 e. The zero-order valence-corrected chi connectivity index (χ0v) is 16.8. The summed E-state index contributed by atoms with van der Waals surface area (Å²) in [5.41, 5.74) is 1.60. The second-order valence-corrected chi connectivity index (χ2v) is 7.81. The molecule has 1 saturated heterocycles. The highest BCUT2D eigenvalue weighted by atomic mass is 19.1. The van der Waals surface area contributed by atoms with Crippen molar-refractivity contribution < 1.29 is 18.7 Å². The minimum atomic E-state index is -0.714. The zero-order valence-electron chi connectivity index (χ0n) is 16.8. The summed E-state index contributed by atoms with van der Waals surface area (Å²) < 4.78 is 20.5. The van der Waals surface area contributed by atoms with E-state index in [-0.39, 0.29) is 24.1 Å². The minimum absolute atomic E-state index is 0.0349. The Morgan fingerprint density at radius 3 is 2.48 bits per heavy atom. The number of hydrogen-bond acceptors (Lipinski definition) is 3. The van der Waals surface area contributed by atoms with Crippen LogP contribution in [0.15, 0.2) is 78.9 Å². The maximum atomic E-state index is 14.3. The monoisotopic (exact) mass is 416 g/mol. The number of hydrogen-bond donors (Lipinski definition) is 0. The Labute approximate surface area is 179 Å². The number of benzene rings is 3. The van der Waals surface area contributed by atoms with Crippen molar-refractivity contribution in [3.05, 3.63) is 95.8 Å². The number of carbonyl (C=O) groups is 2. The summed E-state index contributed by atoms with van der Waals surface area (Å²) >= 11 is 0. The van der Waals surface area contributed by atoms with Crippen molar-refractivity contribution in [2.45, 2.75) is 25.1 Å². The molecule has 0 saturated carbocycles. The van der Waals surface area contributed by atoms with Gasteiger partial charge in [-0.2, -0.15) is 0 Å². The summed E-state index contributed by atoms with van der Waals surface area (Å²) in [6, 6.07) is 22.2. The first kappa shape index (κ1) is 19.3. The van der Waals surface area contributed by atoms with Crippen LogP contribution in [0.1, 0.15) is 22.3 Å². The van der Waals surface area contributed by atoms with Gasteiger partial charge in [0.1, 0.15) is 23.7 Å². The minimum Gasteiger partial charge on any atom is -0.486 e. The number of anilines is 1. The first-order chi connectivity index (χ1) is 15.1. The highest BCUT2D eigenvalue weighted by Crippen LogP contribution is 2.37. The number of amides is 2. The molecule has 2 aliphatic rings. The summed E-state index contributed by atoms with van der Waals surface area (Å²) in [4.78, 5) is 30.0. The summed E-state index contributed by atoms with van der Waals surface area (Å²) in [5.74, 6) is -0.669. The van der Waals surface area contributed by atoms with Crippen LogP contribution < -0.4 is 9.64 Å². The van der Waals surface area contributed by atoms with Crippen LogP contribution in [-0.4, -0.2) is 35.4 Å². The fraction of sp³-hybridized carbons (Fsp3) is 0.200. The molecule has 3 aromatic rings. The van der Waals surface area contributed by atoms with Crippen molar-refractivity contribution in [1.82, 2.24) is 4.90 Å². The van der Waals surface area contributed by atoms with Crippen LogP contribution in [0.25, 0.3) is 0 Å². The van der Waals surface area contributed by atoms with Gasteiger partial charge in [-0.3, -0.25) is 9.59 Å². The van der Waals surface area contributed by atoms with Gasteiger partial charge in [0.25, 0.3) is 5.91 Å². The molecule has 2 atom stereocenters. The van der Waals surface area contributed by atoms with Crippen molar-refractivity contribution in [3.8, 4) is 5.75 Å². The average Bonchev–Trinajstić information content (AvgIpc) is 3.22. The molecule has 156 valence electrons. The van der Waals surface area contributed by atoms with Crippen LogP contribution in [-0.2, 0) is 11.3 Å². The summed E-state index contributed by atoms with van der Waals surface area (Å²) in [6.45, 7) is 0.583. The third-order valence-electron chi connectivity index (χ3n) is 5.81. The molecule has 5 nitrogen and oxygen atoms in total. The zero-order chi connectivity index (χ0) is 21.4. The van der Waals surface area contributed by atoms with E-state index < -0.39 is 17.8 Å². The van der Waals surface area contributed by atoms with Crippen LogP contribution in [0, 0.1) is 5.82 Å². The SMILES string of the molecule is O=C1[C@@H]2C[C@@H](CN2C(=O)c2ccccc2F)Oc2ccccc2N1Cc1ccccc1. The molecule has 2 aliphatic heterocycles. The van der Waals surface area contributed by atoms with E-state index in [0.717, 1.165) is 5.56 Å². The van der Waals surface area contributed by atoms with E-state index in [0.29, 0.717) is 24.4 Å². The van der Waals surface area contributed by atoms with Crippen molar-refractivity contribution in [3.63, 3.8) is 0 Å². The van der Waals surface area contributed by atoms with Crippen molar-refractivity contribution in [2.75, 3.05) is 11.4 Å². The first-order valence-corrected chi connectivity index (χ1v) is 10.3. The van der Waals surface area contributed by atoms with E-state index in [2.05, 4.69) is 0 Å². The Balaban J connectivity index is 1.53. The van der Waals surface area contributed by atoms with Gasteiger partial charge in [-0.05, 0) is 29.8 Å². The Hall–Kier alpha value is -3.67. The molecule has 2 amide bonds. The fourth-order valence-corrected chi connectivity index (χ4v) is 4.32. The highest BCUT2D eigenvalue weighted by Gasteiger charge is 2.45. The van der Waals surface area contributed by atoms with Crippen molar-refractivity contribution >= 4 is 17.5 Å². The number of nitrogens with zero attached hydrogens (tertiary/aromatic N) is 2. The third-order valence-corrected chi connectivity index (χ3v) is 5.81. The molecule has 31 heavy (non-hydrogen) atoms. The average molecular weight is 416 g/mol. The molecular weight excluding hydrogens is 395 g/mol. The van der Waals surface area contributed by atoms with Gasteiger partial charge < -0.3 is 14.5 Å². The fourth-order valence-electron chi connectivity index (χ4n) is 4.32.